The van der Waals surface area contributed by atoms with E-state index < -0.39 is 11.6 Å². The predicted molar refractivity (Wildman–Crippen MR) is 86.3 cm³/mol. The Labute approximate surface area is 131 Å². The number of para-hydroxylation sites is 2. The summed E-state index contributed by atoms with van der Waals surface area (Å²) in [6.07, 6.45) is 1.21. The molecule has 0 aliphatic heterocycles. The van der Waals surface area contributed by atoms with Crippen LogP contribution in [0.4, 0.5) is 14.5 Å². The van der Waals surface area contributed by atoms with Gasteiger partial charge in [-0.3, -0.25) is 5.43 Å². The first-order valence-corrected chi connectivity index (χ1v) is 6.69. The molecule has 0 spiro atoms. The van der Waals surface area contributed by atoms with Gasteiger partial charge in [-0.05, 0) is 36.5 Å². The Hall–Kier alpha value is -2.54. The van der Waals surface area contributed by atoms with Crippen molar-refractivity contribution in [2.24, 2.45) is 5.10 Å². The molecule has 0 radical (unpaired) electrons. The molecule has 0 atom stereocenters. The quantitative estimate of drug-likeness (QED) is 0.515. The summed E-state index contributed by atoms with van der Waals surface area (Å²) in [5.41, 5.74) is 3.37. The van der Waals surface area contributed by atoms with Gasteiger partial charge in [0.25, 0.3) is 0 Å². The van der Waals surface area contributed by atoms with Crippen molar-refractivity contribution in [2.75, 3.05) is 12.4 Å². The average molecular weight is 321 g/mol. The third-order valence-corrected chi connectivity index (χ3v) is 2.88. The third kappa shape index (κ3) is 4.23. The molecule has 0 saturated heterocycles. The lowest BCUT2D eigenvalue weighted by molar-refractivity contribution is 0.417. The highest BCUT2D eigenvalue weighted by Crippen LogP contribution is 2.22. The first kappa shape index (κ1) is 15.8. The Morgan fingerprint density at radius 3 is 2.73 bits per heavy atom. The number of methoxy groups -OCH3 is 1. The molecule has 0 amide bonds. The Kier molecular flexibility index (Phi) is 5.37. The fourth-order valence-corrected chi connectivity index (χ4v) is 1.83. The van der Waals surface area contributed by atoms with Crippen molar-refractivity contribution in [2.45, 2.75) is 0 Å². The van der Waals surface area contributed by atoms with E-state index in [1.165, 1.54) is 12.3 Å². The van der Waals surface area contributed by atoms with Gasteiger partial charge in [0.05, 0.1) is 19.0 Å². The number of benzene rings is 2. The smallest absolute Gasteiger partial charge is 0.191 e. The van der Waals surface area contributed by atoms with Gasteiger partial charge >= 0.3 is 0 Å². The van der Waals surface area contributed by atoms with Crippen molar-refractivity contribution in [1.82, 2.24) is 5.43 Å². The highest BCUT2D eigenvalue weighted by Gasteiger charge is 2.03. The zero-order valence-electron chi connectivity index (χ0n) is 11.6. The number of halogens is 2. The van der Waals surface area contributed by atoms with Crippen LogP contribution in [-0.4, -0.2) is 18.4 Å². The van der Waals surface area contributed by atoms with E-state index in [2.05, 4.69) is 15.8 Å². The number of anilines is 1. The number of hydrogen-bond donors (Lipinski definition) is 2. The maximum absolute atomic E-state index is 13.4. The van der Waals surface area contributed by atoms with Crippen molar-refractivity contribution in [3.8, 4) is 5.75 Å². The van der Waals surface area contributed by atoms with Gasteiger partial charge < -0.3 is 10.1 Å². The maximum Gasteiger partial charge on any atom is 0.191 e. The van der Waals surface area contributed by atoms with Crippen molar-refractivity contribution >= 4 is 29.2 Å². The van der Waals surface area contributed by atoms with Crippen LogP contribution >= 0.6 is 12.2 Å². The van der Waals surface area contributed by atoms with Gasteiger partial charge in [0.2, 0.25) is 0 Å². The number of ether oxygens (including phenoxy) is 1. The summed E-state index contributed by atoms with van der Waals surface area (Å²) >= 11 is 5.07. The normalized spacial score (nSPS) is 10.5. The predicted octanol–water partition coefficient (Wildman–Crippen LogP) is 3.29. The summed E-state index contributed by atoms with van der Waals surface area (Å²) in [6, 6.07) is 10.4. The molecule has 4 nitrogen and oxygen atoms in total. The molecule has 22 heavy (non-hydrogen) atoms. The molecule has 0 bridgehead atoms. The lowest BCUT2D eigenvalue weighted by Gasteiger charge is -2.10. The third-order valence-electron chi connectivity index (χ3n) is 2.69. The fourth-order valence-electron chi connectivity index (χ4n) is 1.66. The summed E-state index contributed by atoms with van der Waals surface area (Å²) in [4.78, 5) is 0. The van der Waals surface area contributed by atoms with E-state index in [4.69, 9.17) is 17.0 Å². The summed E-state index contributed by atoms with van der Waals surface area (Å²) in [6.45, 7) is 0. The van der Waals surface area contributed by atoms with Gasteiger partial charge in [-0.1, -0.05) is 12.1 Å². The summed E-state index contributed by atoms with van der Waals surface area (Å²) in [5, 5.41) is 6.91. The van der Waals surface area contributed by atoms with Gasteiger partial charge in [0.15, 0.2) is 5.11 Å². The summed E-state index contributed by atoms with van der Waals surface area (Å²) in [5.74, 6) is -0.717. The van der Waals surface area contributed by atoms with Gasteiger partial charge in [0.1, 0.15) is 17.4 Å². The van der Waals surface area contributed by atoms with Crippen molar-refractivity contribution in [3.05, 3.63) is 59.7 Å². The Morgan fingerprint density at radius 2 is 2.00 bits per heavy atom. The minimum Gasteiger partial charge on any atom is -0.495 e. The molecule has 0 aliphatic rings. The topological polar surface area (TPSA) is 45.6 Å². The molecule has 0 fully saturated rings. The summed E-state index contributed by atoms with van der Waals surface area (Å²) in [7, 11) is 1.55. The number of nitrogens with one attached hydrogen (secondary N) is 2. The average Bonchev–Trinajstić information content (AvgIpc) is 2.50. The summed E-state index contributed by atoms with van der Waals surface area (Å²) < 4.78 is 31.3. The van der Waals surface area contributed by atoms with E-state index in [-0.39, 0.29) is 10.7 Å². The number of rotatable bonds is 4. The van der Waals surface area contributed by atoms with Crippen LogP contribution in [0.3, 0.4) is 0 Å². The zero-order valence-corrected chi connectivity index (χ0v) is 12.5. The molecule has 2 rings (SSSR count). The second-order valence-electron chi connectivity index (χ2n) is 4.19. The maximum atomic E-state index is 13.4. The SMILES string of the molecule is COc1ccccc1NC(=S)NN=Cc1ccc(F)cc1F. The Balaban J connectivity index is 1.96. The largest absolute Gasteiger partial charge is 0.495 e. The van der Waals surface area contributed by atoms with Crippen LogP contribution in [0, 0.1) is 11.6 Å². The first-order valence-electron chi connectivity index (χ1n) is 6.28. The van der Waals surface area contributed by atoms with Crippen LogP contribution in [0.2, 0.25) is 0 Å². The molecule has 0 aliphatic carbocycles. The molecular formula is C15H13F2N3OS. The molecule has 2 aromatic rings. The van der Waals surface area contributed by atoms with Crippen LogP contribution in [0.15, 0.2) is 47.6 Å². The van der Waals surface area contributed by atoms with Gasteiger partial charge in [-0.25, -0.2) is 8.78 Å². The van der Waals surface area contributed by atoms with Crippen molar-refractivity contribution < 1.29 is 13.5 Å². The van der Waals surface area contributed by atoms with Gasteiger partial charge in [0, 0.05) is 11.6 Å². The van der Waals surface area contributed by atoms with E-state index in [1.54, 1.807) is 19.2 Å². The van der Waals surface area contributed by atoms with E-state index in [0.717, 1.165) is 12.1 Å². The molecule has 0 unspecified atom stereocenters. The van der Waals surface area contributed by atoms with Gasteiger partial charge in [-0.2, -0.15) is 5.10 Å². The van der Waals surface area contributed by atoms with E-state index in [9.17, 15) is 8.78 Å². The van der Waals surface area contributed by atoms with Crippen LogP contribution in [0.5, 0.6) is 5.75 Å². The molecule has 2 aromatic carbocycles. The standard InChI is InChI=1S/C15H13F2N3OS/c1-21-14-5-3-2-4-13(14)19-15(22)20-18-9-10-6-7-11(16)8-12(10)17/h2-9H,1H3,(H2,19,20,22). The number of nitrogens with zero attached hydrogens (tertiary/aromatic N) is 1. The molecule has 0 saturated carbocycles. The number of hydrogen-bond acceptors (Lipinski definition) is 3. The minimum absolute atomic E-state index is 0.147. The number of hydrazone groups is 1. The van der Waals surface area contributed by atoms with Crippen LogP contribution in [0.1, 0.15) is 5.56 Å². The van der Waals surface area contributed by atoms with E-state index in [0.29, 0.717) is 11.4 Å². The second-order valence-corrected chi connectivity index (χ2v) is 4.60. The van der Waals surface area contributed by atoms with E-state index in [1.807, 2.05) is 12.1 Å². The van der Waals surface area contributed by atoms with Crippen molar-refractivity contribution in [1.29, 1.82) is 0 Å². The van der Waals surface area contributed by atoms with Crippen molar-refractivity contribution in [3.63, 3.8) is 0 Å². The van der Waals surface area contributed by atoms with E-state index >= 15 is 0 Å². The molecule has 114 valence electrons. The van der Waals surface area contributed by atoms with Crippen LogP contribution < -0.4 is 15.5 Å². The molecule has 0 heterocycles. The molecule has 0 aromatic heterocycles. The Morgan fingerprint density at radius 1 is 1.23 bits per heavy atom. The lowest BCUT2D eigenvalue weighted by Crippen LogP contribution is -2.24. The second kappa shape index (κ2) is 7.46. The lowest BCUT2D eigenvalue weighted by atomic mass is 10.2. The van der Waals surface area contributed by atoms with Crippen LogP contribution in [0.25, 0.3) is 0 Å². The Bertz CT molecular complexity index is 707. The monoisotopic (exact) mass is 321 g/mol. The fraction of sp³-hybridized carbons (Fsp3) is 0.0667. The molecular weight excluding hydrogens is 308 g/mol. The highest BCUT2D eigenvalue weighted by molar-refractivity contribution is 7.80. The van der Waals surface area contributed by atoms with Gasteiger partial charge in [-0.15, -0.1) is 0 Å². The molecule has 7 heteroatoms. The zero-order chi connectivity index (χ0) is 15.9. The first-order chi connectivity index (χ1) is 10.6. The number of thiocarbonyl (C=S) groups is 1. The highest BCUT2D eigenvalue weighted by atomic mass is 32.1. The van der Waals surface area contributed by atoms with Crippen LogP contribution in [-0.2, 0) is 0 Å². The molecule has 2 N–H and O–H groups in total. The minimum atomic E-state index is -0.700.